The highest BCUT2D eigenvalue weighted by molar-refractivity contribution is 5.82. The fraction of sp³-hybridized carbons (Fsp3) is 0.857. The molecule has 1 saturated heterocycles. The Hall–Kier alpha value is -1.26. The van der Waals surface area contributed by atoms with Crippen molar-refractivity contribution in [3.8, 4) is 0 Å². The predicted octanol–water partition coefficient (Wildman–Crippen LogP) is 1.49. The zero-order valence-electron chi connectivity index (χ0n) is 13.2. The van der Waals surface area contributed by atoms with Gasteiger partial charge in [-0.15, -0.1) is 0 Å². The molecule has 1 fully saturated rings. The number of nitrogens with zero attached hydrogens (tertiary/aromatic N) is 2. The van der Waals surface area contributed by atoms with Crippen LogP contribution < -0.4 is 5.32 Å². The van der Waals surface area contributed by atoms with Gasteiger partial charge in [-0.25, -0.2) is 0 Å². The minimum atomic E-state index is -0.203. The van der Waals surface area contributed by atoms with Crippen molar-refractivity contribution in [2.75, 3.05) is 27.2 Å². The summed E-state index contributed by atoms with van der Waals surface area (Å²) in [5, 5.41) is 3.25. The first-order valence-corrected chi connectivity index (χ1v) is 6.73. The van der Waals surface area contributed by atoms with Gasteiger partial charge in [-0.2, -0.15) is 0 Å². The molecule has 0 radical (unpaired) electrons. The van der Waals surface area contributed by atoms with Crippen molar-refractivity contribution in [3.63, 3.8) is 0 Å². The van der Waals surface area contributed by atoms with E-state index in [-0.39, 0.29) is 22.8 Å². The molecule has 1 aliphatic heterocycles. The van der Waals surface area contributed by atoms with E-state index >= 15 is 0 Å². The van der Waals surface area contributed by atoms with Gasteiger partial charge in [0.15, 0.2) is 5.96 Å². The quantitative estimate of drug-likeness (QED) is 0.479. The molecule has 0 bridgehead atoms. The Bertz CT molecular complexity index is 375. The van der Waals surface area contributed by atoms with Crippen molar-refractivity contribution in [2.45, 2.75) is 40.2 Å². The van der Waals surface area contributed by atoms with Gasteiger partial charge < -0.3 is 15.0 Å². The minimum Gasteiger partial charge on any atom is -0.469 e. The van der Waals surface area contributed by atoms with Crippen LogP contribution in [0.4, 0.5) is 0 Å². The molecule has 0 aromatic heterocycles. The van der Waals surface area contributed by atoms with Crippen LogP contribution >= 0.6 is 0 Å². The first-order chi connectivity index (χ1) is 8.67. The average molecular weight is 269 g/mol. The molecule has 110 valence electrons. The van der Waals surface area contributed by atoms with Gasteiger partial charge in [0.1, 0.15) is 0 Å². The van der Waals surface area contributed by atoms with Gasteiger partial charge in [0.2, 0.25) is 0 Å². The molecular formula is C14H27N3O2. The number of guanidine groups is 1. The van der Waals surface area contributed by atoms with Crippen molar-refractivity contribution in [3.05, 3.63) is 0 Å². The summed E-state index contributed by atoms with van der Waals surface area (Å²) < 4.78 is 4.72. The second-order valence-corrected chi connectivity index (χ2v) is 6.38. The topological polar surface area (TPSA) is 53.9 Å². The van der Waals surface area contributed by atoms with Crippen LogP contribution in [-0.2, 0) is 9.53 Å². The fourth-order valence-corrected chi connectivity index (χ4v) is 2.22. The summed E-state index contributed by atoms with van der Waals surface area (Å²) in [6, 6.07) is 0. The van der Waals surface area contributed by atoms with Crippen LogP contribution in [-0.4, -0.2) is 49.6 Å². The fourth-order valence-electron chi connectivity index (χ4n) is 2.22. The Kier molecular flexibility index (Phi) is 4.48. The molecule has 0 spiro atoms. The largest absolute Gasteiger partial charge is 0.469 e. The van der Waals surface area contributed by atoms with Crippen molar-refractivity contribution in [1.29, 1.82) is 0 Å². The highest BCUT2D eigenvalue weighted by Crippen LogP contribution is 2.46. The van der Waals surface area contributed by atoms with Gasteiger partial charge in [-0.3, -0.25) is 9.79 Å². The zero-order valence-corrected chi connectivity index (χ0v) is 13.2. The van der Waals surface area contributed by atoms with Gasteiger partial charge in [0.05, 0.1) is 13.0 Å². The summed E-state index contributed by atoms with van der Waals surface area (Å²) in [6.07, 6.45) is 0. The zero-order chi connectivity index (χ0) is 14.8. The van der Waals surface area contributed by atoms with Gasteiger partial charge in [-0.05, 0) is 13.8 Å². The molecule has 1 rings (SSSR count). The molecule has 1 atom stereocenters. The van der Waals surface area contributed by atoms with Crippen LogP contribution in [0.3, 0.4) is 0 Å². The van der Waals surface area contributed by atoms with E-state index in [0.29, 0.717) is 6.54 Å². The lowest BCUT2D eigenvalue weighted by atomic mass is 9.65. The summed E-state index contributed by atoms with van der Waals surface area (Å²) in [5.74, 6) is 0.463. The van der Waals surface area contributed by atoms with Gasteiger partial charge in [0.25, 0.3) is 0 Å². The molecule has 1 aliphatic rings. The average Bonchev–Trinajstić information content (AvgIpc) is 2.36. The molecule has 0 aromatic rings. The second-order valence-electron chi connectivity index (χ2n) is 6.38. The maximum absolute atomic E-state index is 11.4. The Labute approximate surface area is 116 Å². The number of esters is 1. The van der Waals surface area contributed by atoms with Crippen LogP contribution in [0.1, 0.15) is 34.6 Å². The van der Waals surface area contributed by atoms with Crippen molar-refractivity contribution in [2.24, 2.45) is 16.3 Å². The Balaban J connectivity index is 2.61. The lowest BCUT2D eigenvalue weighted by Gasteiger charge is -2.62. The first kappa shape index (κ1) is 15.8. The van der Waals surface area contributed by atoms with Crippen LogP contribution in [0.25, 0.3) is 0 Å². The lowest BCUT2D eigenvalue weighted by molar-refractivity contribution is -0.144. The predicted molar refractivity (Wildman–Crippen MR) is 77.1 cm³/mol. The summed E-state index contributed by atoms with van der Waals surface area (Å²) in [4.78, 5) is 17.9. The minimum absolute atomic E-state index is 0.0589. The van der Waals surface area contributed by atoms with Crippen LogP contribution in [0.15, 0.2) is 4.99 Å². The molecule has 0 aromatic carbocycles. The third-order valence-electron chi connectivity index (χ3n) is 4.52. The molecule has 1 heterocycles. The summed E-state index contributed by atoms with van der Waals surface area (Å²) in [5.41, 5.74) is 0.321. The van der Waals surface area contributed by atoms with E-state index in [2.05, 4.69) is 42.9 Å². The maximum atomic E-state index is 11.4. The van der Waals surface area contributed by atoms with Crippen molar-refractivity contribution in [1.82, 2.24) is 10.2 Å². The van der Waals surface area contributed by atoms with E-state index in [4.69, 9.17) is 4.74 Å². The number of aliphatic imine (C=N–C) groups is 1. The summed E-state index contributed by atoms with van der Waals surface area (Å²) in [6.45, 7) is 12.3. The van der Waals surface area contributed by atoms with E-state index in [1.165, 1.54) is 7.11 Å². The first-order valence-electron chi connectivity index (χ1n) is 6.73. The number of likely N-dealkylation sites (tertiary alicyclic amines) is 1. The van der Waals surface area contributed by atoms with Gasteiger partial charge in [0, 0.05) is 31.1 Å². The summed E-state index contributed by atoms with van der Waals surface area (Å²) >= 11 is 0. The number of carbonyl (C=O) groups is 1. The van der Waals surface area contributed by atoms with E-state index in [9.17, 15) is 4.79 Å². The number of carbonyl (C=O) groups excluding carboxylic acids is 1. The summed E-state index contributed by atoms with van der Waals surface area (Å²) in [7, 11) is 3.18. The lowest BCUT2D eigenvalue weighted by Crippen LogP contribution is -2.72. The molecule has 0 amide bonds. The van der Waals surface area contributed by atoms with Crippen molar-refractivity contribution >= 4 is 11.9 Å². The van der Waals surface area contributed by atoms with E-state index in [0.717, 1.165) is 12.5 Å². The molecular weight excluding hydrogens is 242 g/mol. The third kappa shape index (κ3) is 2.85. The monoisotopic (exact) mass is 269 g/mol. The number of methoxy groups -OCH3 is 1. The highest BCUT2D eigenvalue weighted by Gasteiger charge is 2.53. The molecule has 5 nitrogen and oxygen atoms in total. The maximum Gasteiger partial charge on any atom is 0.310 e. The smallest absolute Gasteiger partial charge is 0.310 e. The Morgan fingerprint density at radius 2 is 2.00 bits per heavy atom. The molecule has 0 saturated carbocycles. The molecule has 1 unspecified atom stereocenters. The second kappa shape index (κ2) is 5.39. The molecule has 19 heavy (non-hydrogen) atoms. The third-order valence-corrected chi connectivity index (χ3v) is 4.52. The Morgan fingerprint density at radius 1 is 1.42 bits per heavy atom. The van der Waals surface area contributed by atoms with E-state index < -0.39 is 0 Å². The highest BCUT2D eigenvalue weighted by atomic mass is 16.5. The molecule has 5 heteroatoms. The standard InChI is InChI=1S/C14H27N3O2/c1-10(11(18)19-7)8-16-12(15-6)17-9-13(2,3)14(17,4)5/h10H,8-9H2,1-7H3,(H,15,16). The molecule has 0 aliphatic carbocycles. The van der Waals surface area contributed by atoms with Crippen molar-refractivity contribution < 1.29 is 9.53 Å². The normalized spacial score (nSPS) is 22.5. The SMILES string of the molecule is CN=C(NCC(C)C(=O)OC)N1CC(C)(C)C1(C)C. The van der Waals surface area contributed by atoms with Gasteiger partial charge in [-0.1, -0.05) is 20.8 Å². The number of nitrogens with one attached hydrogen (secondary N) is 1. The number of ether oxygens (including phenoxy) is 1. The van der Waals surface area contributed by atoms with E-state index in [1.54, 1.807) is 7.05 Å². The van der Waals surface area contributed by atoms with E-state index in [1.807, 2.05) is 6.92 Å². The number of hydrogen-bond acceptors (Lipinski definition) is 3. The Morgan fingerprint density at radius 3 is 2.37 bits per heavy atom. The van der Waals surface area contributed by atoms with Crippen LogP contribution in [0, 0.1) is 11.3 Å². The number of rotatable bonds is 3. The van der Waals surface area contributed by atoms with Gasteiger partial charge >= 0.3 is 5.97 Å². The number of hydrogen-bond donors (Lipinski definition) is 1. The van der Waals surface area contributed by atoms with Crippen LogP contribution in [0.5, 0.6) is 0 Å². The molecule has 1 N–H and O–H groups in total. The van der Waals surface area contributed by atoms with Crippen LogP contribution in [0.2, 0.25) is 0 Å².